The zero-order valence-electron chi connectivity index (χ0n) is 10.6. The highest BCUT2D eigenvalue weighted by Crippen LogP contribution is 2.38. The van der Waals surface area contributed by atoms with Crippen molar-refractivity contribution < 1.29 is 24.8 Å². The Morgan fingerprint density at radius 3 is 2.24 bits per heavy atom. The summed E-state index contributed by atoms with van der Waals surface area (Å²) in [4.78, 5) is 12.4. The van der Waals surface area contributed by atoms with Gasteiger partial charge in [0.15, 0.2) is 22.8 Å². The van der Waals surface area contributed by atoms with Crippen LogP contribution in [-0.2, 0) is 0 Å². The van der Waals surface area contributed by atoms with E-state index in [0.717, 1.165) is 12.3 Å². The number of benzene rings is 2. The maximum absolute atomic E-state index is 12.4. The predicted molar refractivity (Wildman–Crippen MR) is 74.6 cm³/mol. The van der Waals surface area contributed by atoms with Crippen LogP contribution in [0.25, 0.3) is 22.1 Å². The smallest absolute Gasteiger partial charge is 0.204 e. The van der Waals surface area contributed by atoms with Crippen LogP contribution in [0.3, 0.4) is 0 Å². The van der Waals surface area contributed by atoms with E-state index in [1.165, 1.54) is 24.3 Å². The van der Waals surface area contributed by atoms with E-state index in [0.29, 0.717) is 5.56 Å². The van der Waals surface area contributed by atoms with Gasteiger partial charge in [0.1, 0.15) is 17.4 Å². The number of aromatic hydroxyl groups is 4. The Hall–Kier alpha value is -3.15. The number of hydrogen-bond donors (Lipinski definition) is 4. The maximum atomic E-state index is 12.4. The van der Waals surface area contributed by atoms with Gasteiger partial charge in [0.25, 0.3) is 0 Å². The molecule has 0 bridgehead atoms. The highest BCUT2D eigenvalue weighted by atomic mass is 16.4. The molecule has 1 heterocycles. The number of phenolic OH excluding ortho intramolecular Hbond substituents is 4. The summed E-state index contributed by atoms with van der Waals surface area (Å²) in [7, 11) is 0. The van der Waals surface area contributed by atoms with Gasteiger partial charge in [-0.1, -0.05) is 12.1 Å². The SMILES string of the molecule is O=c1c(-c2ccc(O)cc2)coc2c(O)cc(O)c(O)c12. The van der Waals surface area contributed by atoms with E-state index in [2.05, 4.69) is 0 Å². The summed E-state index contributed by atoms with van der Waals surface area (Å²) in [6.07, 6.45) is 1.15. The Bertz CT molecular complexity index is 893. The van der Waals surface area contributed by atoms with Gasteiger partial charge in [-0.05, 0) is 17.7 Å². The summed E-state index contributed by atoms with van der Waals surface area (Å²) < 4.78 is 5.19. The van der Waals surface area contributed by atoms with Gasteiger partial charge in [-0.3, -0.25) is 4.79 Å². The van der Waals surface area contributed by atoms with Gasteiger partial charge in [-0.25, -0.2) is 0 Å². The third-order valence-corrected chi connectivity index (χ3v) is 3.16. The van der Waals surface area contributed by atoms with Crippen LogP contribution >= 0.6 is 0 Å². The second-order valence-electron chi connectivity index (χ2n) is 4.49. The fourth-order valence-corrected chi connectivity index (χ4v) is 2.10. The molecule has 4 N–H and O–H groups in total. The Balaban J connectivity index is 2.37. The van der Waals surface area contributed by atoms with Gasteiger partial charge >= 0.3 is 0 Å². The maximum Gasteiger partial charge on any atom is 0.204 e. The fraction of sp³-hybridized carbons (Fsp3) is 0. The lowest BCUT2D eigenvalue weighted by atomic mass is 10.0. The monoisotopic (exact) mass is 286 g/mol. The lowest BCUT2D eigenvalue weighted by Gasteiger charge is -2.07. The number of hydrogen-bond acceptors (Lipinski definition) is 6. The van der Waals surface area contributed by atoms with Crippen LogP contribution < -0.4 is 5.43 Å². The molecule has 3 aromatic rings. The topological polar surface area (TPSA) is 111 Å². The summed E-state index contributed by atoms with van der Waals surface area (Å²) in [5, 5.41) is 37.9. The van der Waals surface area contributed by atoms with E-state index in [9.17, 15) is 25.2 Å². The molecule has 0 fully saturated rings. The van der Waals surface area contributed by atoms with Crippen molar-refractivity contribution in [2.75, 3.05) is 0 Å². The first-order valence-electron chi connectivity index (χ1n) is 5.98. The summed E-state index contributed by atoms with van der Waals surface area (Å²) in [5.41, 5.74) is -0.225. The Kier molecular flexibility index (Phi) is 2.72. The van der Waals surface area contributed by atoms with Crippen molar-refractivity contribution in [1.82, 2.24) is 0 Å². The van der Waals surface area contributed by atoms with Crippen molar-refractivity contribution in [2.24, 2.45) is 0 Å². The van der Waals surface area contributed by atoms with Crippen molar-refractivity contribution in [2.45, 2.75) is 0 Å². The van der Waals surface area contributed by atoms with Gasteiger partial charge in [0.2, 0.25) is 5.43 Å². The fourth-order valence-electron chi connectivity index (χ4n) is 2.10. The average molecular weight is 286 g/mol. The van der Waals surface area contributed by atoms with Crippen LogP contribution in [0.1, 0.15) is 0 Å². The van der Waals surface area contributed by atoms with Crippen LogP contribution in [0.15, 0.2) is 45.8 Å². The van der Waals surface area contributed by atoms with Gasteiger partial charge in [0, 0.05) is 6.07 Å². The molecule has 0 aliphatic carbocycles. The Labute approximate surface area is 117 Å². The van der Waals surface area contributed by atoms with E-state index < -0.39 is 22.7 Å². The number of fused-ring (bicyclic) bond motifs is 1. The summed E-state index contributed by atoms with van der Waals surface area (Å²) in [6, 6.07) is 6.71. The highest BCUT2D eigenvalue weighted by Gasteiger charge is 2.18. The molecule has 6 nitrogen and oxygen atoms in total. The molecular formula is C15H10O6. The third kappa shape index (κ3) is 1.93. The van der Waals surface area contributed by atoms with Crippen LogP contribution in [-0.4, -0.2) is 20.4 Å². The van der Waals surface area contributed by atoms with Crippen molar-refractivity contribution in [3.05, 3.63) is 46.8 Å². The van der Waals surface area contributed by atoms with Gasteiger partial charge in [0.05, 0.1) is 5.56 Å². The van der Waals surface area contributed by atoms with Crippen molar-refractivity contribution in [1.29, 1.82) is 0 Å². The first-order chi connectivity index (χ1) is 9.99. The van der Waals surface area contributed by atoms with Crippen LogP contribution in [0.4, 0.5) is 0 Å². The van der Waals surface area contributed by atoms with E-state index in [-0.39, 0.29) is 22.3 Å². The van der Waals surface area contributed by atoms with Crippen molar-refractivity contribution in [3.8, 4) is 34.1 Å². The third-order valence-electron chi connectivity index (χ3n) is 3.16. The molecule has 0 unspecified atom stereocenters. The summed E-state index contributed by atoms with van der Waals surface area (Å²) >= 11 is 0. The molecule has 0 spiro atoms. The minimum absolute atomic E-state index is 0.0436. The van der Waals surface area contributed by atoms with Crippen LogP contribution in [0.2, 0.25) is 0 Å². The van der Waals surface area contributed by atoms with E-state index in [4.69, 9.17) is 4.42 Å². The average Bonchev–Trinajstić information content (AvgIpc) is 2.46. The standard InChI is InChI=1S/C15H10O6/c16-8-3-1-7(2-4-8)9-6-21-15-11(18)5-10(17)14(20)12(15)13(9)19/h1-6,16-18,20H. The minimum atomic E-state index is -0.655. The molecule has 0 amide bonds. The first-order valence-corrected chi connectivity index (χ1v) is 5.98. The largest absolute Gasteiger partial charge is 0.508 e. The molecule has 106 valence electrons. The Morgan fingerprint density at radius 1 is 0.905 bits per heavy atom. The molecule has 2 aromatic carbocycles. The lowest BCUT2D eigenvalue weighted by molar-refractivity contribution is 0.398. The van der Waals surface area contributed by atoms with Gasteiger partial charge < -0.3 is 24.8 Å². The lowest BCUT2D eigenvalue weighted by Crippen LogP contribution is -2.05. The van der Waals surface area contributed by atoms with Crippen molar-refractivity contribution >= 4 is 11.0 Å². The molecule has 3 rings (SSSR count). The molecule has 0 saturated carbocycles. The molecular weight excluding hydrogens is 276 g/mol. The highest BCUT2D eigenvalue weighted by molar-refractivity contribution is 5.92. The van der Waals surface area contributed by atoms with E-state index in [1.807, 2.05) is 0 Å². The van der Waals surface area contributed by atoms with Gasteiger partial charge in [-0.2, -0.15) is 0 Å². The first kappa shape index (κ1) is 12.9. The molecule has 0 atom stereocenters. The van der Waals surface area contributed by atoms with E-state index in [1.54, 1.807) is 0 Å². The second kappa shape index (κ2) is 4.45. The molecule has 21 heavy (non-hydrogen) atoms. The van der Waals surface area contributed by atoms with Crippen LogP contribution in [0, 0.1) is 0 Å². The Morgan fingerprint density at radius 2 is 1.57 bits per heavy atom. The summed E-state index contributed by atoms with van der Waals surface area (Å²) in [6.45, 7) is 0. The molecule has 0 saturated heterocycles. The molecule has 1 aromatic heterocycles. The number of rotatable bonds is 1. The second-order valence-corrected chi connectivity index (χ2v) is 4.49. The summed E-state index contributed by atoms with van der Waals surface area (Å²) in [5.74, 6) is -1.68. The molecule has 6 heteroatoms. The quantitative estimate of drug-likeness (QED) is 0.403. The minimum Gasteiger partial charge on any atom is -0.508 e. The normalized spacial score (nSPS) is 10.9. The molecule has 0 aliphatic heterocycles. The van der Waals surface area contributed by atoms with Crippen LogP contribution in [0.5, 0.6) is 23.0 Å². The van der Waals surface area contributed by atoms with Crippen molar-refractivity contribution in [3.63, 3.8) is 0 Å². The molecule has 0 aliphatic rings. The predicted octanol–water partition coefficient (Wildman–Crippen LogP) is 2.28. The van der Waals surface area contributed by atoms with E-state index >= 15 is 0 Å². The zero-order chi connectivity index (χ0) is 15.1. The molecule has 0 radical (unpaired) electrons. The number of phenols is 4. The van der Waals surface area contributed by atoms with Gasteiger partial charge in [-0.15, -0.1) is 0 Å². The zero-order valence-corrected chi connectivity index (χ0v) is 10.6.